The number of aliphatic hydroxyl groups is 1. The molecule has 1 aromatic heterocycles. The number of hydrogen-bond donors (Lipinski definition) is 1. The standard InChI is InChI=1S/C20H26O6S/c21-14-3-1-2-12(8-14)19(22)24-10-15-5-6-16(27-15)11-25-20(23)13-4-7-17-18(9-13)26-17/h5-6,12-14,17-18,21H,1-4,7-11H2. The van der Waals surface area contributed by atoms with Gasteiger partial charge in [0.25, 0.3) is 0 Å². The summed E-state index contributed by atoms with van der Waals surface area (Å²) in [6, 6.07) is 3.81. The van der Waals surface area contributed by atoms with Crippen LogP contribution in [0.2, 0.25) is 0 Å². The lowest BCUT2D eigenvalue weighted by Crippen LogP contribution is -2.27. The van der Waals surface area contributed by atoms with Gasteiger partial charge in [-0.25, -0.2) is 0 Å². The zero-order chi connectivity index (χ0) is 18.8. The first kappa shape index (κ1) is 18.9. The Bertz CT molecular complexity index is 649. The van der Waals surface area contributed by atoms with Gasteiger partial charge >= 0.3 is 11.9 Å². The number of esters is 2. The first-order chi connectivity index (χ1) is 13.1. The third-order valence-electron chi connectivity index (χ3n) is 5.75. The fourth-order valence-corrected chi connectivity index (χ4v) is 4.94. The predicted molar refractivity (Wildman–Crippen MR) is 97.9 cm³/mol. The molecule has 5 unspecified atom stereocenters. The molecule has 0 spiro atoms. The van der Waals surface area contributed by atoms with E-state index in [-0.39, 0.29) is 49.2 Å². The van der Waals surface area contributed by atoms with Gasteiger partial charge in [-0.15, -0.1) is 11.3 Å². The van der Waals surface area contributed by atoms with Crippen LogP contribution in [-0.2, 0) is 37.0 Å². The zero-order valence-corrected chi connectivity index (χ0v) is 16.1. The van der Waals surface area contributed by atoms with Crippen LogP contribution in [-0.4, -0.2) is 35.4 Å². The molecule has 2 aliphatic carbocycles. The first-order valence-electron chi connectivity index (χ1n) is 9.83. The molecular formula is C20H26O6S. The summed E-state index contributed by atoms with van der Waals surface area (Å²) >= 11 is 1.49. The van der Waals surface area contributed by atoms with Gasteiger partial charge in [0.1, 0.15) is 13.2 Å². The Balaban J connectivity index is 1.19. The van der Waals surface area contributed by atoms with Gasteiger partial charge in [0.05, 0.1) is 30.1 Å². The van der Waals surface area contributed by atoms with Gasteiger partial charge in [-0.3, -0.25) is 9.59 Å². The van der Waals surface area contributed by atoms with Gasteiger partial charge in [0, 0.05) is 9.75 Å². The van der Waals surface area contributed by atoms with E-state index >= 15 is 0 Å². The Morgan fingerprint density at radius 1 is 0.963 bits per heavy atom. The molecule has 4 rings (SSSR count). The van der Waals surface area contributed by atoms with Crippen molar-refractivity contribution in [3.8, 4) is 0 Å². The number of ether oxygens (including phenoxy) is 3. The molecule has 27 heavy (non-hydrogen) atoms. The fourth-order valence-electron chi connectivity index (χ4n) is 4.09. The Kier molecular flexibility index (Phi) is 5.80. The van der Waals surface area contributed by atoms with Crippen molar-refractivity contribution >= 4 is 23.3 Å². The van der Waals surface area contributed by atoms with E-state index in [4.69, 9.17) is 14.2 Å². The summed E-state index contributed by atoms with van der Waals surface area (Å²) < 4.78 is 16.3. The van der Waals surface area contributed by atoms with E-state index in [1.165, 1.54) is 11.3 Å². The van der Waals surface area contributed by atoms with Crippen molar-refractivity contribution in [1.82, 2.24) is 0 Å². The minimum Gasteiger partial charge on any atom is -0.460 e. The molecule has 5 atom stereocenters. The van der Waals surface area contributed by atoms with E-state index in [1.54, 1.807) is 0 Å². The summed E-state index contributed by atoms with van der Waals surface area (Å²) in [5, 5.41) is 9.68. The van der Waals surface area contributed by atoms with Crippen LogP contribution in [0.5, 0.6) is 0 Å². The lowest BCUT2D eigenvalue weighted by atomic mass is 9.87. The number of thiophene rings is 1. The third-order valence-corrected chi connectivity index (χ3v) is 6.78. The molecule has 0 radical (unpaired) electrons. The molecule has 0 bridgehead atoms. The highest BCUT2D eigenvalue weighted by molar-refractivity contribution is 7.11. The van der Waals surface area contributed by atoms with Gasteiger partial charge in [-0.2, -0.15) is 0 Å². The molecule has 1 N–H and O–H groups in total. The highest BCUT2D eigenvalue weighted by Gasteiger charge is 2.46. The lowest BCUT2D eigenvalue weighted by Gasteiger charge is -2.24. The van der Waals surface area contributed by atoms with E-state index in [9.17, 15) is 14.7 Å². The largest absolute Gasteiger partial charge is 0.460 e. The number of hydrogen-bond acceptors (Lipinski definition) is 7. The summed E-state index contributed by atoms with van der Waals surface area (Å²) in [4.78, 5) is 26.2. The van der Waals surface area contributed by atoms with Gasteiger partial charge in [-0.05, 0) is 50.7 Å². The van der Waals surface area contributed by atoms with Crippen LogP contribution in [0.1, 0.15) is 54.7 Å². The molecule has 1 aromatic rings. The summed E-state index contributed by atoms with van der Waals surface area (Å²) in [6.07, 6.45) is 5.77. The van der Waals surface area contributed by atoms with Gasteiger partial charge in [-0.1, -0.05) is 6.42 Å². The minimum absolute atomic E-state index is 0.0417. The monoisotopic (exact) mass is 394 g/mol. The molecule has 3 aliphatic rings. The SMILES string of the molecule is O=C(OCc1ccc(COC(=O)C2CCC3OC3C2)s1)C1CCCC(O)C1. The number of fused-ring (bicyclic) bond motifs is 1. The number of aliphatic hydroxyl groups excluding tert-OH is 1. The second-order valence-corrected chi connectivity index (χ2v) is 9.08. The topological polar surface area (TPSA) is 85.4 Å². The molecule has 1 saturated heterocycles. The first-order valence-corrected chi connectivity index (χ1v) is 10.6. The van der Waals surface area contributed by atoms with Crippen molar-refractivity contribution in [2.24, 2.45) is 11.8 Å². The van der Waals surface area contributed by atoms with Crippen molar-refractivity contribution in [2.45, 2.75) is 76.5 Å². The molecular weight excluding hydrogens is 368 g/mol. The Labute approximate surface area is 162 Å². The predicted octanol–water partition coefficient (Wildman–Crippen LogP) is 2.95. The van der Waals surface area contributed by atoms with Crippen LogP contribution in [0.4, 0.5) is 0 Å². The maximum absolute atomic E-state index is 12.2. The molecule has 2 saturated carbocycles. The van der Waals surface area contributed by atoms with Crippen LogP contribution < -0.4 is 0 Å². The molecule has 6 nitrogen and oxygen atoms in total. The molecule has 148 valence electrons. The zero-order valence-electron chi connectivity index (χ0n) is 15.3. The molecule has 0 aromatic carbocycles. The van der Waals surface area contributed by atoms with E-state index < -0.39 is 0 Å². The average Bonchev–Trinajstić information content (AvgIpc) is 3.32. The van der Waals surface area contributed by atoms with Crippen molar-refractivity contribution in [3.63, 3.8) is 0 Å². The summed E-state index contributed by atoms with van der Waals surface area (Å²) in [5.74, 6) is -0.603. The Hall–Kier alpha value is -1.44. The number of rotatable bonds is 6. The smallest absolute Gasteiger partial charge is 0.309 e. The second kappa shape index (κ2) is 8.29. The molecule has 1 aliphatic heterocycles. The van der Waals surface area contributed by atoms with Crippen molar-refractivity contribution in [3.05, 3.63) is 21.9 Å². The highest BCUT2D eigenvalue weighted by atomic mass is 32.1. The van der Waals surface area contributed by atoms with Crippen LogP contribution in [0, 0.1) is 11.8 Å². The molecule has 7 heteroatoms. The number of carbonyl (C=O) groups excluding carboxylic acids is 2. The van der Waals surface area contributed by atoms with E-state index in [0.29, 0.717) is 12.5 Å². The Morgan fingerprint density at radius 3 is 2.26 bits per heavy atom. The quantitative estimate of drug-likeness (QED) is 0.590. The van der Waals surface area contributed by atoms with E-state index in [1.807, 2.05) is 12.1 Å². The molecule has 3 fully saturated rings. The molecule has 2 heterocycles. The number of epoxide rings is 1. The van der Waals surface area contributed by atoms with Crippen molar-refractivity contribution in [1.29, 1.82) is 0 Å². The molecule has 0 amide bonds. The van der Waals surface area contributed by atoms with Crippen LogP contribution in [0.3, 0.4) is 0 Å². The van der Waals surface area contributed by atoms with Crippen molar-refractivity contribution in [2.75, 3.05) is 0 Å². The van der Waals surface area contributed by atoms with Crippen LogP contribution in [0.15, 0.2) is 12.1 Å². The summed E-state index contributed by atoms with van der Waals surface area (Å²) in [5.41, 5.74) is 0. The maximum Gasteiger partial charge on any atom is 0.309 e. The summed E-state index contributed by atoms with van der Waals surface area (Å²) in [7, 11) is 0. The minimum atomic E-state index is -0.388. The van der Waals surface area contributed by atoms with E-state index in [2.05, 4.69) is 0 Å². The maximum atomic E-state index is 12.2. The van der Waals surface area contributed by atoms with Gasteiger partial charge < -0.3 is 19.3 Å². The van der Waals surface area contributed by atoms with Gasteiger partial charge in [0.2, 0.25) is 0 Å². The van der Waals surface area contributed by atoms with E-state index in [0.717, 1.165) is 48.3 Å². The normalized spacial score (nSPS) is 32.4. The Morgan fingerprint density at radius 2 is 1.63 bits per heavy atom. The van der Waals surface area contributed by atoms with Crippen LogP contribution in [0.25, 0.3) is 0 Å². The number of carbonyl (C=O) groups is 2. The lowest BCUT2D eigenvalue weighted by molar-refractivity contribution is -0.152. The fraction of sp³-hybridized carbons (Fsp3) is 0.700. The average molecular weight is 394 g/mol. The van der Waals surface area contributed by atoms with Crippen LogP contribution >= 0.6 is 11.3 Å². The van der Waals surface area contributed by atoms with Gasteiger partial charge in [0.15, 0.2) is 0 Å². The highest BCUT2D eigenvalue weighted by Crippen LogP contribution is 2.40. The second-order valence-electron chi connectivity index (χ2n) is 7.82. The third kappa shape index (κ3) is 4.89. The summed E-state index contributed by atoms with van der Waals surface area (Å²) in [6.45, 7) is 0.491. The van der Waals surface area contributed by atoms with Crippen molar-refractivity contribution < 1.29 is 28.9 Å².